The second-order valence-corrected chi connectivity index (χ2v) is 13.4. The minimum absolute atomic E-state index is 0.409. The number of aromatic nitrogens is 2. The van der Waals surface area contributed by atoms with Crippen molar-refractivity contribution in [3.8, 4) is 0 Å². The van der Waals surface area contributed by atoms with Crippen LogP contribution in [0.25, 0.3) is 0 Å². The first-order valence-corrected chi connectivity index (χ1v) is 14.4. The predicted octanol–water partition coefficient (Wildman–Crippen LogP) is 4.62. The predicted molar refractivity (Wildman–Crippen MR) is 138 cm³/mol. The van der Waals surface area contributed by atoms with Crippen LogP contribution in [0.1, 0.15) is 42.5 Å². The summed E-state index contributed by atoms with van der Waals surface area (Å²) in [6, 6.07) is 10.4. The molecule has 0 atom stereocenters. The van der Waals surface area contributed by atoms with Gasteiger partial charge in [-0.05, 0) is 61.7 Å². The Morgan fingerprint density at radius 3 is 2.72 bits per heavy atom. The summed E-state index contributed by atoms with van der Waals surface area (Å²) in [4.78, 5) is 11.8. The van der Waals surface area contributed by atoms with Crippen LogP contribution in [-0.4, -0.2) is 66.0 Å². The van der Waals surface area contributed by atoms with Crippen molar-refractivity contribution in [2.75, 3.05) is 60.1 Å². The van der Waals surface area contributed by atoms with Gasteiger partial charge in [-0.2, -0.15) is 10.1 Å². The highest BCUT2D eigenvalue weighted by molar-refractivity contribution is 8.33. The van der Waals surface area contributed by atoms with Crippen LogP contribution in [0.15, 0.2) is 35.4 Å². The van der Waals surface area contributed by atoms with E-state index in [0.29, 0.717) is 5.95 Å². The van der Waals surface area contributed by atoms with Crippen LogP contribution in [0.2, 0.25) is 0 Å². The number of nitrogens with one attached hydrogen (secondary N) is 1. The molecule has 1 N–H and O–H groups in total. The van der Waals surface area contributed by atoms with E-state index in [9.17, 15) is 0 Å². The lowest BCUT2D eigenvalue weighted by Crippen LogP contribution is -2.37. The molecular formula is C25H37N5OS. The fourth-order valence-corrected chi connectivity index (χ4v) is 7.77. The van der Waals surface area contributed by atoms with Gasteiger partial charge in [0, 0.05) is 24.8 Å². The lowest BCUT2D eigenvalue weighted by atomic mass is 10.2. The fourth-order valence-electron chi connectivity index (χ4n) is 4.52. The second-order valence-electron chi connectivity index (χ2n) is 9.18. The third-order valence-corrected chi connectivity index (χ3v) is 10.2. The molecule has 2 aliphatic rings. The maximum atomic E-state index is 5.53. The molecule has 4 rings (SSSR count). The van der Waals surface area contributed by atoms with Gasteiger partial charge in [-0.15, -0.1) is 0 Å². The summed E-state index contributed by atoms with van der Waals surface area (Å²) in [6.45, 7) is 5.31. The number of aryl methyl sites for hydroxylation is 2. The summed E-state index contributed by atoms with van der Waals surface area (Å²) < 4.78 is 5.53. The maximum Gasteiger partial charge on any atom is 0.245 e. The zero-order valence-electron chi connectivity index (χ0n) is 19.6. The van der Waals surface area contributed by atoms with Gasteiger partial charge >= 0.3 is 0 Å². The van der Waals surface area contributed by atoms with E-state index in [2.05, 4.69) is 46.8 Å². The minimum Gasteiger partial charge on any atom is -0.378 e. The van der Waals surface area contributed by atoms with Gasteiger partial charge in [0.15, 0.2) is 0 Å². The Bertz CT molecular complexity index is 907. The molecule has 0 aliphatic carbocycles. The van der Waals surface area contributed by atoms with Crippen molar-refractivity contribution >= 4 is 28.0 Å². The van der Waals surface area contributed by atoms with Crippen LogP contribution in [0, 0.1) is 6.92 Å². The monoisotopic (exact) mass is 455 g/mol. The van der Waals surface area contributed by atoms with E-state index in [1.807, 2.05) is 18.3 Å². The first-order chi connectivity index (χ1) is 15.6. The van der Waals surface area contributed by atoms with Crippen molar-refractivity contribution < 1.29 is 4.74 Å². The topological polar surface area (TPSA) is 62.6 Å². The van der Waals surface area contributed by atoms with Crippen LogP contribution in [-0.2, 0) is 11.2 Å². The summed E-state index contributed by atoms with van der Waals surface area (Å²) >= 11 is 0. The normalized spacial score (nSPS) is 19.8. The Kier molecular flexibility index (Phi) is 8.03. The van der Waals surface area contributed by atoms with Crippen molar-refractivity contribution in [2.45, 2.75) is 39.0 Å². The van der Waals surface area contributed by atoms with Gasteiger partial charge in [0.05, 0.1) is 19.4 Å². The highest BCUT2D eigenvalue weighted by Gasteiger charge is 2.21. The van der Waals surface area contributed by atoms with Gasteiger partial charge in [-0.1, -0.05) is 36.2 Å². The van der Waals surface area contributed by atoms with Gasteiger partial charge in [-0.25, -0.2) is 20.4 Å². The molecule has 2 fully saturated rings. The van der Waals surface area contributed by atoms with E-state index < -0.39 is 10.0 Å². The Labute approximate surface area is 194 Å². The quantitative estimate of drug-likeness (QED) is 0.465. The van der Waals surface area contributed by atoms with Crippen molar-refractivity contribution in [1.82, 2.24) is 9.97 Å². The molecule has 3 heterocycles. The molecule has 7 heteroatoms. The zero-order valence-corrected chi connectivity index (χ0v) is 20.4. The Hall–Kier alpha value is -2.12. The lowest BCUT2D eigenvalue weighted by Gasteiger charge is -2.39. The van der Waals surface area contributed by atoms with Crippen LogP contribution in [0.3, 0.4) is 0 Å². The van der Waals surface area contributed by atoms with Crippen molar-refractivity contribution in [2.24, 2.45) is 5.10 Å². The number of anilines is 2. The summed E-state index contributed by atoms with van der Waals surface area (Å²) in [5.74, 6) is 5.82. The number of rotatable bonds is 8. The second kappa shape index (κ2) is 11.1. The molecule has 32 heavy (non-hydrogen) atoms. The number of hydrogen-bond acceptors (Lipinski definition) is 6. The van der Waals surface area contributed by atoms with E-state index in [4.69, 9.17) is 14.7 Å². The zero-order chi connectivity index (χ0) is 22.2. The van der Waals surface area contributed by atoms with Crippen LogP contribution in [0.4, 0.5) is 11.8 Å². The van der Waals surface area contributed by atoms with Crippen molar-refractivity contribution in [3.05, 3.63) is 47.2 Å². The van der Waals surface area contributed by atoms with Crippen molar-refractivity contribution in [1.29, 1.82) is 0 Å². The van der Waals surface area contributed by atoms with E-state index in [1.165, 1.54) is 48.5 Å². The Morgan fingerprint density at radius 1 is 1.12 bits per heavy atom. The molecule has 1 aromatic carbocycles. The number of nitrogens with zero attached hydrogens (tertiary/aromatic N) is 4. The molecular weight excluding hydrogens is 418 g/mol. The average Bonchev–Trinajstić information content (AvgIpc) is 2.80. The molecule has 0 saturated carbocycles. The largest absolute Gasteiger partial charge is 0.378 e. The van der Waals surface area contributed by atoms with Crippen LogP contribution >= 0.6 is 10.0 Å². The number of hydrazone groups is 1. The SMILES string of the molecule is Cc1cccc(/C=N/Nc2nc(CCCS3(C)CCCCC3)cc(N3CCOCC3)n2)c1. The summed E-state index contributed by atoms with van der Waals surface area (Å²) in [5, 5.41) is 4.41. The van der Waals surface area contributed by atoms with Gasteiger partial charge in [0.1, 0.15) is 5.82 Å². The first-order valence-electron chi connectivity index (χ1n) is 11.9. The van der Waals surface area contributed by atoms with Crippen molar-refractivity contribution in [3.63, 3.8) is 0 Å². The highest BCUT2D eigenvalue weighted by atomic mass is 32.3. The Balaban J connectivity index is 1.44. The molecule has 1 aromatic heterocycles. The summed E-state index contributed by atoms with van der Waals surface area (Å²) in [5.41, 5.74) is 6.46. The molecule has 0 radical (unpaired) electrons. The molecule has 174 valence electrons. The fraction of sp³-hybridized carbons (Fsp3) is 0.560. The average molecular weight is 456 g/mol. The highest BCUT2D eigenvalue weighted by Crippen LogP contribution is 2.49. The number of ether oxygens (including phenoxy) is 1. The molecule has 2 aromatic rings. The minimum atomic E-state index is -0.409. The van der Waals surface area contributed by atoms with Crippen LogP contribution < -0.4 is 10.3 Å². The first kappa shape index (κ1) is 23.1. The van der Waals surface area contributed by atoms with E-state index >= 15 is 0 Å². The third kappa shape index (κ3) is 6.69. The van der Waals surface area contributed by atoms with Gasteiger partial charge in [0.25, 0.3) is 0 Å². The number of morpholine rings is 1. The van der Waals surface area contributed by atoms with Gasteiger partial charge < -0.3 is 9.64 Å². The molecule has 2 aliphatic heterocycles. The van der Waals surface area contributed by atoms with Gasteiger partial charge in [-0.3, -0.25) is 0 Å². The summed E-state index contributed by atoms with van der Waals surface area (Å²) in [6.07, 6.45) is 10.9. The number of hydrogen-bond donors (Lipinski definition) is 1. The molecule has 0 amide bonds. The summed E-state index contributed by atoms with van der Waals surface area (Å²) in [7, 11) is -0.409. The molecule has 2 saturated heterocycles. The van der Waals surface area contributed by atoms with Gasteiger partial charge in [0.2, 0.25) is 5.95 Å². The third-order valence-electron chi connectivity index (χ3n) is 6.37. The smallest absolute Gasteiger partial charge is 0.245 e. The Morgan fingerprint density at radius 2 is 1.94 bits per heavy atom. The lowest BCUT2D eigenvalue weighted by molar-refractivity contribution is 0.122. The van der Waals surface area contributed by atoms with E-state index in [1.54, 1.807) is 0 Å². The molecule has 0 bridgehead atoms. The maximum absolute atomic E-state index is 5.53. The van der Waals surface area contributed by atoms with E-state index in [-0.39, 0.29) is 0 Å². The van der Waals surface area contributed by atoms with Crippen LogP contribution in [0.5, 0.6) is 0 Å². The van der Waals surface area contributed by atoms with E-state index in [0.717, 1.165) is 49.8 Å². The standard InChI is InChI=1S/C25H37N5OS/c1-21-8-6-9-22(18-21)20-26-29-25-27-23(10-7-17-32(2)15-4-3-5-16-32)19-24(28-25)30-11-13-31-14-12-30/h6,8-9,18-20H,3-5,7,10-17H2,1-2H3,(H,27,28,29)/b26-20+. The molecule has 0 unspecified atom stereocenters. The number of benzene rings is 1. The molecule has 0 spiro atoms. The molecule has 6 nitrogen and oxygen atoms in total.